The lowest BCUT2D eigenvalue weighted by Gasteiger charge is -2.42. The molecule has 0 aromatic rings. The molecule has 3 fully saturated rings. The molecule has 6 nitrogen and oxygen atoms in total. The standard InChI is InChI=1S/C31H46O6/c1-7-17-36-29(35)37-30(4,5)28(34)15-10-20(2)25-13-14-26-22(9-8-16-31(25,26)6)11-12-23-18-24(32)19-27(33)21(23)3/h10-12,15,24-28,32-34H,2-3,7-9,13-14,16-19H2,1,4-6H3/b15-10+,22-11+,23-12-/t24-,25-,26+,27+,28+,31-/m1/s1. The van der Waals surface area contributed by atoms with E-state index in [4.69, 9.17) is 9.47 Å². The molecule has 0 heterocycles. The van der Waals surface area contributed by atoms with Crippen LogP contribution in [0, 0.1) is 17.3 Å². The third-order valence-corrected chi connectivity index (χ3v) is 8.65. The van der Waals surface area contributed by atoms with E-state index in [1.54, 1.807) is 19.9 Å². The molecule has 0 aromatic heterocycles. The number of hydrogen-bond donors (Lipinski definition) is 3. The molecule has 0 aromatic carbocycles. The summed E-state index contributed by atoms with van der Waals surface area (Å²) in [5.74, 6) is 0.738. The topological polar surface area (TPSA) is 96.2 Å². The monoisotopic (exact) mass is 514 g/mol. The van der Waals surface area contributed by atoms with Crippen LogP contribution in [0.15, 0.2) is 59.8 Å². The fraction of sp³-hybridized carbons (Fsp3) is 0.645. The molecule has 3 saturated carbocycles. The Kier molecular flexibility index (Phi) is 9.65. The predicted octanol–water partition coefficient (Wildman–Crippen LogP) is 5.94. The fourth-order valence-corrected chi connectivity index (χ4v) is 6.37. The van der Waals surface area contributed by atoms with Crippen LogP contribution in [0.4, 0.5) is 4.79 Å². The highest BCUT2D eigenvalue weighted by atomic mass is 16.7. The molecule has 6 heteroatoms. The second-order valence-corrected chi connectivity index (χ2v) is 11.8. The molecule has 0 radical (unpaired) electrons. The summed E-state index contributed by atoms with van der Waals surface area (Å²) in [6.07, 6.45) is 11.8. The second kappa shape index (κ2) is 12.1. The molecule has 0 saturated heterocycles. The van der Waals surface area contributed by atoms with E-state index in [2.05, 4.69) is 32.2 Å². The van der Waals surface area contributed by atoms with E-state index in [1.165, 1.54) is 5.57 Å². The molecule has 3 rings (SSSR count). The first-order valence-electron chi connectivity index (χ1n) is 13.7. The van der Waals surface area contributed by atoms with Gasteiger partial charge in [0.1, 0.15) is 11.7 Å². The zero-order valence-electron chi connectivity index (χ0n) is 23.0. The van der Waals surface area contributed by atoms with Gasteiger partial charge in [-0.15, -0.1) is 0 Å². The highest BCUT2D eigenvalue weighted by Gasteiger charge is 2.49. The molecule has 0 unspecified atom stereocenters. The van der Waals surface area contributed by atoms with Gasteiger partial charge in [0.25, 0.3) is 0 Å². The third kappa shape index (κ3) is 6.84. The Bertz CT molecular complexity index is 957. The maximum absolute atomic E-state index is 11.9. The number of aliphatic hydroxyl groups excluding tert-OH is 3. The molecule has 6 atom stereocenters. The molecule has 206 valence electrons. The summed E-state index contributed by atoms with van der Waals surface area (Å²) in [6, 6.07) is 0. The first kappa shape index (κ1) is 29.4. The largest absolute Gasteiger partial charge is 0.508 e. The van der Waals surface area contributed by atoms with Crippen molar-refractivity contribution in [3.05, 3.63) is 59.8 Å². The normalized spacial score (nSPS) is 33.5. The summed E-state index contributed by atoms with van der Waals surface area (Å²) in [7, 11) is 0. The average Bonchev–Trinajstić information content (AvgIpc) is 3.19. The maximum Gasteiger partial charge on any atom is 0.508 e. The first-order valence-corrected chi connectivity index (χ1v) is 13.7. The molecular weight excluding hydrogens is 468 g/mol. The maximum atomic E-state index is 11.9. The van der Waals surface area contributed by atoms with E-state index in [-0.39, 0.29) is 12.0 Å². The van der Waals surface area contributed by atoms with Crippen LogP contribution >= 0.6 is 0 Å². The minimum atomic E-state index is -1.12. The van der Waals surface area contributed by atoms with Crippen molar-refractivity contribution >= 4 is 6.16 Å². The minimum absolute atomic E-state index is 0.0769. The Balaban J connectivity index is 1.69. The molecule has 0 aliphatic heterocycles. The van der Waals surface area contributed by atoms with Gasteiger partial charge in [-0.1, -0.05) is 62.5 Å². The van der Waals surface area contributed by atoms with E-state index in [0.717, 1.165) is 43.3 Å². The lowest BCUT2D eigenvalue weighted by atomic mass is 9.62. The van der Waals surface area contributed by atoms with E-state index in [1.807, 2.05) is 13.0 Å². The Morgan fingerprint density at radius 2 is 2.00 bits per heavy atom. The van der Waals surface area contributed by atoms with Crippen molar-refractivity contribution in [3.8, 4) is 0 Å². The van der Waals surface area contributed by atoms with Gasteiger partial charge < -0.3 is 24.8 Å². The van der Waals surface area contributed by atoms with Crippen LogP contribution in [0.2, 0.25) is 0 Å². The average molecular weight is 515 g/mol. The lowest BCUT2D eigenvalue weighted by Crippen LogP contribution is -2.40. The van der Waals surface area contributed by atoms with Crippen molar-refractivity contribution in [3.63, 3.8) is 0 Å². The van der Waals surface area contributed by atoms with Crippen LogP contribution in [0.25, 0.3) is 0 Å². The highest BCUT2D eigenvalue weighted by molar-refractivity contribution is 5.60. The molecule has 3 N–H and O–H groups in total. The van der Waals surface area contributed by atoms with Crippen LogP contribution in [0.3, 0.4) is 0 Å². The number of fused-ring (bicyclic) bond motifs is 1. The minimum Gasteiger partial charge on any atom is -0.434 e. The van der Waals surface area contributed by atoms with E-state index >= 15 is 0 Å². The highest BCUT2D eigenvalue weighted by Crippen LogP contribution is 2.59. The number of aliphatic hydroxyl groups is 3. The van der Waals surface area contributed by atoms with Crippen LogP contribution in [-0.2, 0) is 9.47 Å². The Morgan fingerprint density at radius 3 is 2.70 bits per heavy atom. The quantitative estimate of drug-likeness (QED) is 0.274. The van der Waals surface area contributed by atoms with Gasteiger partial charge >= 0.3 is 6.16 Å². The molecule has 0 spiro atoms. The number of allylic oxidation sites excluding steroid dienone is 5. The predicted molar refractivity (Wildman–Crippen MR) is 146 cm³/mol. The number of carbonyl (C=O) groups is 1. The first-order chi connectivity index (χ1) is 17.4. The van der Waals surface area contributed by atoms with Crippen LogP contribution in [0.1, 0.15) is 79.1 Å². The number of rotatable bonds is 8. The van der Waals surface area contributed by atoms with Crippen molar-refractivity contribution in [2.24, 2.45) is 17.3 Å². The van der Waals surface area contributed by atoms with Crippen molar-refractivity contribution in [2.45, 2.75) is 103 Å². The van der Waals surface area contributed by atoms with Gasteiger partial charge in [-0.25, -0.2) is 4.79 Å². The number of hydrogen-bond acceptors (Lipinski definition) is 6. The summed E-state index contributed by atoms with van der Waals surface area (Å²) >= 11 is 0. The van der Waals surface area contributed by atoms with Crippen LogP contribution < -0.4 is 0 Å². The van der Waals surface area contributed by atoms with Crippen molar-refractivity contribution < 1.29 is 29.6 Å². The van der Waals surface area contributed by atoms with Gasteiger partial charge in [-0.3, -0.25) is 0 Å². The summed E-state index contributed by atoms with van der Waals surface area (Å²) in [6.45, 7) is 16.3. The molecular formula is C31H46O6. The number of carbonyl (C=O) groups excluding carboxylic acids is 1. The lowest BCUT2D eigenvalue weighted by molar-refractivity contribution is -0.0666. The van der Waals surface area contributed by atoms with Crippen LogP contribution in [0.5, 0.6) is 0 Å². The summed E-state index contributed by atoms with van der Waals surface area (Å²) in [5.41, 5.74) is 3.01. The molecule has 0 bridgehead atoms. The Hall–Kier alpha value is -2.15. The summed E-state index contributed by atoms with van der Waals surface area (Å²) < 4.78 is 10.3. The van der Waals surface area contributed by atoms with E-state index in [0.29, 0.717) is 36.7 Å². The molecule has 0 amide bonds. The smallest absolute Gasteiger partial charge is 0.434 e. The van der Waals surface area contributed by atoms with E-state index in [9.17, 15) is 20.1 Å². The van der Waals surface area contributed by atoms with Gasteiger partial charge in [-0.2, -0.15) is 0 Å². The Labute approximate surface area is 222 Å². The van der Waals surface area contributed by atoms with E-state index < -0.39 is 30.1 Å². The molecule has 37 heavy (non-hydrogen) atoms. The van der Waals surface area contributed by atoms with Crippen LogP contribution in [-0.4, -0.2) is 52.0 Å². The molecule has 3 aliphatic carbocycles. The number of ether oxygens (including phenoxy) is 2. The fourth-order valence-electron chi connectivity index (χ4n) is 6.37. The zero-order chi connectivity index (χ0) is 27.4. The summed E-state index contributed by atoms with van der Waals surface area (Å²) in [4.78, 5) is 11.9. The third-order valence-electron chi connectivity index (χ3n) is 8.65. The van der Waals surface area contributed by atoms with Gasteiger partial charge in [0.05, 0.1) is 18.8 Å². The Morgan fingerprint density at radius 1 is 1.27 bits per heavy atom. The van der Waals surface area contributed by atoms with Gasteiger partial charge in [0, 0.05) is 6.42 Å². The zero-order valence-corrected chi connectivity index (χ0v) is 23.0. The van der Waals surface area contributed by atoms with Crippen molar-refractivity contribution in [1.29, 1.82) is 0 Å². The van der Waals surface area contributed by atoms with Gasteiger partial charge in [-0.05, 0) is 87.2 Å². The second-order valence-electron chi connectivity index (χ2n) is 11.8. The van der Waals surface area contributed by atoms with Gasteiger partial charge in [0.15, 0.2) is 0 Å². The molecule has 3 aliphatic rings. The van der Waals surface area contributed by atoms with Crippen molar-refractivity contribution in [2.75, 3.05) is 6.61 Å². The van der Waals surface area contributed by atoms with Gasteiger partial charge in [0.2, 0.25) is 0 Å². The van der Waals surface area contributed by atoms with Crippen molar-refractivity contribution in [1.82, 2.24) is 0 Å². The SMILES string of the molecule is C=C(/C=C/[C@H](O)C(C)(C)OC(=O)OCCC)[C@H]1CC[C@H]2/C(=C/C=C3/C[C@@H](O)C[C@H](O)C3=C)CCC[C@]12C. The summed E-state index contributed by atoms with van der Waals surface area (Å²) in [5, 5.41) is 31.0.